The van der Waals surface area contributed by atoms with Crippen LogP contribution in [0.5, 0.6) is 5.88 Å². The van der Waals surface area contributed by atoms with E-state index in [1.165, 1.54) is 12.8 Å². The van der Waals surface area contributed by atoms with Crippen molar-refractivity contribution in [2.24, 2.45) is 7.05 Å². The Hall–Kier alpha value is -1.89. The molecule has 2 aromatic rings. The van der Waals surface area contributed by atoms with Gasteiger partial charge in [0, 0.05) is 24.9 Å². The molecule has 1 saturated heterocycles. The molecular weight excluding hydrogens is 324 g/mol. The molecule has 1 aliphatic heterocycles. The number of ether oxygens (including phenoxy) is 1. The van der Waals surface area contributed by atoms with Gasteiger partial charge in [-0.15, -0.1) is 11.3 Å². The number of thiazole rings is 1. The lowest BCUT2D eigenvalue weighted by Crippen LogP contribution is -2.31. The number of rotatable bonds is 4. The molecule has 0 unspecified atom stereocenters. The normalized spacial score (nSPS) is 20.6. The molecule has 0 aromatic carbocycles. The number of carbonyl (C=O) groups is 1. The van der Waals surface area contributed by atoms with Crippen LogP contribution in [0, 0.1) is 6.92 Å². The van der Waals surface area contributed by atoms with Crippen molar-refractivity contribution >= 4 is 17.2 Å². The van der Waals surface area contributed by atoms with Crippen molar-refractivity contribution in [2.75, 3.05) is 13.7 Å². The number of aromatic nitrogens is 3. The minimum Gasteiger partial charge on any atom is -0.481 e. The van der Waals surface area contributed by atoms with Crippen molar-refractivity contribution in [1.29, 1.82) is 0 Å². The standard InChI is InChI=1S/C17H22N4O2S/c1-10-14(17(23-3)20(2)19-10)13-5-4-8-21(13)16(22)12-9-24-15(18-12)11-6-7-11/h9,11,13H,4-8H2,1-3H3/t13-/m1/s1. The highest BCUT2D eigenvalue weighted by molar-refractivity contribution is 7.10. The minimum absolute atomic E-state index is 0.0206. The second kappa shape index (κ2) is 5.88. The number of nitrogens with zero attached hydrogens (tertiary/aromatic N) is 4. The highest BCUT2D eigenvalue weighted by atomic mass is 32.1. The third kappa shape index (κ3) is 2.51. The van der Waals surface area contributed by atoms with E-state index in [4.69, 9.17) is 4.74 Å². The van der Waals surface area contributed by atoms with E-state index >= 15 is 0 Å². The monoisotopic (exact) mass is 346 g/mol. The molecule has 128 valence electrons. The van der Waals surface area contributed by atoms with E-state index in [2.05, 4.69) is 10.1 Å². The largest absolute Gasteiger partial charge is 0.481 e. The van der Waals surface area contributed by atoms with E-state index in [0.717, 1.165) is 41.5 Å². The zero-order chi connectivity index (χ0) is 16.8. The third-order valence-electron chi connectivity index (χ3n) is 4.92. The van der Waals surface area contributed by atoms with Crippen LogP contribution in [0.3, 0.4) is 0 Å². The molecule has 3 heterocycles. The molecule has 24 heavy (non-hydrogen) atoms. The summed E-state index contributed by atoms with van der Waals surface area (Å²) >= 11 is 1.62. The first kappa shape index (κ1) is 15.6. The van der Waals surface area contributed by atoms with E-state index in [1.807, 2.05) is 24.3 Å². The second-order valence-electron chi connectivity index (χ2n) is 6.63. The maximum absolute atomic E-state index is 13.0. The molecule has 1 saturated carbocycles. The summed E-state index contributed by atoms with van der Waals surface area (Å²) in [5.41, 5.74) is 2.55. The lowest BCUT2D eigenvalue weighted by Gasteiger charge is -2.24. The Balaban J connectivity index is 1.63. The molecule has 6 nitrogen and oxygen atoms in total. The van der Waals surface area contributed by atoms with Gasteiger partial charge in [-0.2, -0.15) is 5.10 Å². The average Bonchev–Trinajstić information content (AvgIpc) is 3.00. The van der Waals surface area contributed by atoms with Gasteiger partial charge in [0.2, 0.25) is 5.88 Å². The highest BCUT2D eigenvalue weighted by Crippen LogP contribution is 2.42. The van der Waals surface area contributed by atoms with Crippen LogP contribution in [0.15, 0.2) is 5.38 Å². The van der Waals surface area contributed by atoms with Gasteiger partial charge in [-0.3, -0.25) is 4.79 Å². The van der Waals surface area contributed by atoms with E-state index in [0.29, 0.717) is 11.6 Å². The maximum atomic E-state index is 13.0. The van der Waals surface area contributed by atoms with Crippen molar-refractivity contribution in [3.8, 4) is 5.88 Å². The van der Waals surface area contributed by atoms with Gasteiger partial charge in [-0.1, -0.05) is 0 Å². The summed E-state index contributed by atoms with van der Waals surface area (Å²) in [6, 6.07) is 0.0206. The average molecular weight is 346 g/mol. The Morgan fingerprint density at radius 3 is 2.88 bits per heavy atom. The quantitative estimate of drug-likeness (QED) is 0.854. The smallest absolute Gasteiger partial charge is 0.273 e. The number of hydrogen-bond donors (Lipinski definition) is 0. The van der Waals surface area contributed by atoms with Crippen molar-refractivity contribution in [1.82, 2.24) is 19.7 Å². The molecular formula is C17H22N4O2S. The minimum atomic E-state index is 0.0206. The number of aryl methyl sites for hydroxylation is 2. The number of carbonyl (C=O) groups excluding carboxylic acids is 1. The summed E-state index contributed by atoms with van der Waals surface area (Å²) < 4.78 is 7.29. The van der Waals surface area contributed by atoms with Crippen LogP contribution in [-0.2, 0) is 7.05 Å². The lowest BCUT2D eigenvalue weighted by atomic mass is 10.0. The Morgan fingerprint density at radius 2 is 2.17 bits per heavy atom. The van der Waals surface area contributed by atoms with Crippen molar-refractivity contribution in [3.05, 3.63) is 27.3 Å². The van der Waals surface area contributed by atoms with Crippen molar-refractivity contribution in [3.63, 3.8) is 0 Å². The Labute approximate surface area is 145 Å². The summed E-state index contributed by atoms with van der Waals surface area (Å²) in [6.45, 7) is 2.74. The van der Waals surface area contributed by atoms with Crippen LogP contribution in [0.1, 0.15) is 64.4 Å². The van der Waals surface area contributed by atoms with Crippen LogP contribution in [0.2, 0.25) is 0 Å². The molecule has 2 aliphatic rings. The first-order valence-electron chi connectivity index (χ1n) is 8.44. The Bertz CT molecular complexity index is 778. The van der Waals surface area contributed by atoms with Gasteiger partial charge in [0.25, 0.3) is 5.91 Å². The Morgan fingerprint density at radius 1 is 1.38 bits per heavy atom. The number of hydrogen-bond acceptors (Lipinski definition) is 5. The van der Waals surface area contributed by atoms with Crippen LogP contribution in [0.4, 0.5) is 0 Å². The number of methoxy groups -OCH3 is 1. The lowest BCUT2D eigenvalue weighted by molar-refractivity contribution is 0.0728. The van der Waals surface area contributed by atoms with Gasteiger partial charge in [0.15, 0.2) is 0 Å². The van der Waals surface area contributed by atoms with Crippen LogP contribution in [-0.4, -0.2) is 39.2 Å². The van der Waals surface area contributed by atoms with Gasteiger partial charge in [-0.25, -0.2) is 9.67 Å². The van der Waals surface area contributed by atoms with E-state index in [9.17, 15) is 4.79 Å². The molecule has 2 fully saturated rings. The zero-order valence-corrected chi connectivity index (χ0v) is 15.1. The summed E-state index contributed by atoms with van der Waals surface area (Å²) in [4.78, 5) is 19.5. The summed E-state index contributed by atoms with van der Waals surface area (Å²) in [5, 5.41) is 7.50. The molecule has 0 spiro atoms. The fourth-order valence-corrected chi connectivity index (χ4v) is 4.60. The van der Waals surface area contributed by atoms with Crippen LogP contribution < -0.4 is 4.74 Å². The van der Waals surface area contributed by atoms with E-state index in [1.54, 1.807) is 23.1 Å². The SMILES string of the molecule is COc1c([C@H]2CCCN2C(=O)c2csc(C3CC3)n2)c(C)nn1C. The molecule has 4 rings (SSSR count). The fourth-order valence-electron chi connectivity index (χ4n) is 3.64. The molecule has 1 atom stereocenters. The topological polar surface area (TPSA) is 60.2 Å². The molecule has 1 aliphatic carbocycles. The molecule has 0 N–H and O–H groups in total. The predicted octanol–water partition coefficient (Wildman–Crippen LogP) is 3.05. The number of amides is 1. The van der Waals surface area contributed by atoms with Gasteiger partial charge in [0.1, 0.15) is 5.69 Å². The van der Waals surface area contributed by atoms with Crippen LogP contribution in [0.25, 0.3) is 0 Å². The van der Waals surface area contributed by atoms with E-state index in [-0.39, 0.29) is 11.9 Å². The van der Waals surface area contributed by atoms with Gasteiger partial charge < -0.3 is 9.64 Å². The first-order valence-corrected chi connectivity index (χ1v) is 9.32. The maximum Gasteiger partial charge on any atom is 0.273 e. The molecule has 0 bridgehead atoms. The summed E-state index contributed by atoms with van der Waals surface area (Å²) in [7, 11) is 3.53. The van der Waals surface area contributed by atoms with Gasteiger partial charge in [0.05, 0.1) is 29.4 Å². The third-order valence-corrected chi connectivity index (χ3v) is 5.93. The highest BCUT2D eigenvalue weighted by Gasteiger charge is 2.36. The molecule has 2 aromatic heterocycles. The summed E-state index contributed by atoms with van der Waals surface area (Å²) in [6.07, 6.45) is 4.35. The fraction of sp³-hybridized carbons (Fsp3) is 0.588. The molecule has 7 heteroatoms. The van der Waals surface area contributed by atoms with Crippen molar-refractivity contribution < 1.29 is 9.53 Å². The Kier molecular flexibility index (Phi) is 3.83. The van der Waals surface area contributed by atoms with Crippen molar-refractivity contribution in [2.45, 2.75) is 44.6 Å². The van der Waals surface area contributed by atoms with Gasteiger partial charge >= 0.3 is 0 Å². The molecule has 0 radical (unpaired) electrons. The van der Waals surface area contributed by atoms with E-state index < -0.39 is 0 Å². The van der Waals surface area contributed by atoms with Gasteiger partial charge in [-0.05, 0) is 32.6 Å². The summed E-state index contributed by atoms with van der Waals surface area (Å²) in [5.74, 6) is 1.37. The predicted molar refractivity (Wildman–Crippen MR) is 91.6 cm³/mol. The van der Waals surface area contributed by atoms with Crippen LogP contribution >= 0.6 is 11.3 Å². The number of likely N-dealkylation sites (tertiary alicyclic amines) is 1. The second-order valence-corrected chi connectivity index (χ2v) is 7.52. The first-order chi connectivity index (χ1) is 11.6. The molecule has 1 amide bonds. The zero-order valence-electron chi connectivity index (χ0n) is 14.3.